The molecular weight excluding hydrogens is 609 g/mol. The number of nitrogens with one attached hydrogen (secondary N) is 1. The van der Waals surface area contributed by atoms with Gasteiger partial charge < -0.3 is 15.0 Å². The second-order valence-electron chi connectivity index (χ2n) is 9.94. The summed E-state index contributed by atoms with van der Waals surface area (Å²) in [5, 5.41) is 3.06. The molecule has 11 heteroatoms. The second-order valence-corrected chi connectivity index (χ2v) is 12.7. The zero-order valence-corrected chi connectivity index (χ0v) is 25.4. The van der Waals surface area contributed by atoms with Crippen molar-refractivity contribution in [3.8, 4) is 5.75 Å². The standard InChI is InChI=1S/C32H29Cl2N3O5S/c33-25-15-16-26(34)30(19-25)43(40,41)36(20-24-11-5-2-6-12-24)22-31(38)37-21-29(42-28-14-8-7-13-27(28)37)32(39)35-18-17-23-9-3-1-4-10-23/h1-16,19,29H,17-18,20-22H2,(H,35,39)/t29-/m0/s1. The smallest absolute Gasteiger partial charge is 0.262 e. The molecule has 1 N–H and O–H groups in total. The van der Waals surface area contributed by atoms with Crippen LogP contribution in [0.1, 0.15) is 11.1 Å². The molecule has 0 fully saturated rings. The summed E-state index contributed by atoms with van der Waals surface area (Å²) in [6.07, 6.45) is -0.354. The quantitative estimate of drug-likeness (QED) is 0.253. The van der Waals surface area contributed by atoms with Crippen LogP contribution in [0.4, 0.5) is 5.69 Å². The Morgan fingerprint density at radius 1 is 0.884 bits per heavy atom. The average Bonchev–Trinajstić information content (AvgIpc) is 3.02. The van der Waals surface area contributed by atoms with Crippen molar-refractivity contribution in [3.05, 3.63) is 124 Å². The molecule has 0 saturated carbocycles. The Morgan fingerprint density at radius 3 is 2.26 bits per heavy atom. The van der Waals surface area contributed by atoms with Crippen molar-refractivity contribution in [1.29, 1.82) is 0 Å². The number of hydrogen-bond acceptors (Lipinski definition) is 5. The maximum atomic E-state index is 13.9. The third-order valence-electron chi connectivity index (χ3n) is 6.95. The number of benzene rings is 4. The van der Waals surface area contributed by atoms with E-state index in [1.807, 2.05) is 36.4 Å². The Labute approximate surface area is 260 Å². The topological polar surface area (TPSA) is 96.0 Å². The first kappa shape index (κ1) is 30.6. The Bertz CT molecular complexity index is 1700. The maximum Gasteiger partial charge on any atom is 0.262 e. The van der Waals surface area contributed by atoms with Crippen LogP contribution in [0.25, 0.3) is 0 Å². The normalized spacial score (nSPS) is 14.6. The third-order valence-corrected chi connectivity index (χ3v) is 9.46. The average molecular weight is 639 g/mol. The van der Waals surface area contributed by atoms with Gasteiger partial charge in [0.1, 0.15) is 10.6 Å². The summed E-state index contributed by atoms with van der Waals surface area (Å²) in [7, 11) is -4.27. The number of sulfonamides is 1. The molecule has 222 valence electrons. The minimum absolute atomic E-state index is 0.0149. The fraction of sp³-hybridized carbons (Fsp3) is 0.188. The predicted molar refractivity (Wildman–Crippen MR) is 167 cm³/mol. The van der Waals surface area contributed by atoms with Gasteiger partial charge >= 0.3 is 0 Å². The SMILES string of the molecule is O=C(NCCc1ccccc1)[C@@H]1CN(C(=O)CN(Cc2ccccc2)S(=O)(=O)c2cc(Cl)ccc2Cl)c2ccccc2O1. The number of amides is 2. The highest BCUT2D eigenvalue weighted by molar-refractivity contribution is 7.89. The third kappa shape index (κ3) is 7.37. The molecule has 0 radical (unpaired) electrons. The fourth-order valence-electron chi connectivity index (χ4n) is 4.76. The molecule has 4 aromatic rings. The first-order valence-corrected chi connectivity index (χ1v) is 15.8. The molecule has 5 rings (SSSR count). The van der Waals surface area contributed by atoms with Gasteiger partial charge in [0, 0.05) is 18.1 Å². The van der Waals surface area contributed by atoms with E-state index in [0.717, 1.165) is 9.87 Å². The number of para-hydroxylation sites is 2. The van der Waals surface area contributed by atoms with Crippen LogP contribution in [0, 0.1) is 0 Å². The molecule has 8 nitrogen and oxygen atoms in total. The fourth-order valence-corrected chi connectivity index (χ4v) is 6.87. The highest BCUT2D eigenvalue weighted by Gasteiger charge is 2.36. The van der Waals surface area contributed by atoms with Gasteiger partial charge in [-0.2, -0.15) is 4.31 Å². The number of hydrogen-bond donors (Lipinski definition) is 1. The van der Waals surface area contributed by atoms with Crippen LogP contribution in [0.15, 0.2) is 108 Å². The van der Waals surface area contributed by atoms with Crippen LogP contribution in [-0.4, -0.2) is 50.3 Å². The molecule has 1 aliphatic heterocycles. The monoisotopic (exact) mass is 637 g/mol. The summed E-state index contributed by atoms with van der Waals surface area (Å²) >= 11 is 12.4. The van der Waals surface area contributed by atoms with E-state index in [9.17, 15) is 18.0 Å². The molecule has 4 aromatic carbocycles. The minimum Gasteiger partial charge on any atom is -0.477 e. The Morgan fingerprint density at radius 2 is 1.53 bits per heavy atom. The summed E-state index contributed by atoms with van der Waals surface area (Å²) in [6, 6.07) is 29.7. The predicted octanol–water partition coefficient (Wildman–Crippen LogP) is 5.34. The summed E-state index contributed by atoms with van der Waals surface area (Å²) in [4.78, 5) is 28.3. The summed E-state index contributed by atoms with van der Waals surface area (Å²) < 4.78 is 34.8. The Hall–Kier alpha value is -3.89. The largest absolute Gasteiger partial charge is 0.477 e. The molecule has 1 heterocycles. The van der Waals surface area contributed by atoms with Crippen LogP contribution >= 0.6 is 23.2 Å². The lowest BCUT2D eigenvalue weighted by molar-refractivity contribution is -0.128. The van der Waals surface area contributed by atoms with Crippen molar-refractivity contribution in [2.45, 2.75) is 24.0 Å². The van der Waals surface area contributed by atoms with Gasteiger partial charge in [0.15, 0.2) is 6.10 Å². The number of carbonyl (C=O) groups is 2. The molecule has 2 amide bonds. The molecule has 43 heavy (non-hydrogen) atoms. The van der Waals surface area contributed by atoms with E-state index < -0.39 is 28.6 Å². The number of carbonyl (C=O) groups excluding carboxylic acids is 2. The van der Waals surface area contributed by atoms with Gasteiger partial charge in [-0.05, 0) is 47.9 Å². The van der Waals surface area contributed by atoms with E-state index in [0.29, 0.717) is 30.0 Å². The highest BCUT2D eigenvalue weighted by Crippen LogP contribution is 2.34. The highest BCUT2D eigenvalue weighted by atomic mass is 35.5. The van der Waals surface area contributed by atoms with Gasteiger partial charge in [0.2, 0.25) is 15.9 Å². The van der Waals surface area contributed by atoms with Crippen LogP contribution in [-0.2, 0) is 32.6 Å². The van der Waals surface area contributed by atoms with E-state index in [2.05, 4.69) is 5.32 Å². The van der Waals surface area contributed by atoms with Gasteiger partial charge in [-0.1, -0.05) is 96.0 Å². The zero-order valence-electron chi connectivity index (χ0n) is 23.0. The molecule has 0 saturated heterocycles. The zero-order chi connectivity index (χ0) is 30.4. The van der Waals surface area contributed by atoms with Crippen molar-refractivity contribution < 1.29 is 22.7 Å². The van der Waals surface area contributed by atoms with Crippen LogP contribution in [0.3, 0.4) is 0 Å². The van der Waals surface area contributed by atoms with Crippen LogP contribution < -0.4 is 15.0 Å². The van der Waals surface area contributed by atoms with Gasteiger partial charge in [-0.15, -0.1) is 0 Å². The van der Waals surface area contributed by atoms with Crippen molar-refractivity contribution in [2.75, 3.05) is 24.5 Å². The molecule has 0 bridgehead atoms. The summed E-state index contributed by atoms with van der Waals surface area (Å²) in [5.74, 6) is -0.557. The molecule has 0 aliphatic carbocycles. The van der Waals surface area contributed by atoms with Crippen molar-refractivity contribution in [2.24, 2.45) is 0 Å². The van der Waals surface area contributed by atoms with Crippen molar-refractivity contribution in [1.82, 2.24) is 9.62 Å². The van der Waals surface area contributed by atoms with Crippen molar-refractivity contribution >= 4 is 50.7 Å². The molecular formula is C32H29Cl2N3O5S. The molecule has 0 unspecified atom stereocenters. The molecule has 1 aliphatic rings. The number of halogens is 2. The lowest BCUT2D eigenvalue weighted by Gasteiger charge is -2.35. The van der Waals surface area contributed by atoms with E-state index >= 15 is 0 Å². The Balaban J connectivity index is 1.39. The Kier molecular flexibility index (Phi) is 9.67. The molecule has 0 spiro atoms. The summed E-state index contributed by atoms with van der Waals surface area (Å²) in [5.41, 5.74) is 2.20. The van der Waals surface area contributed by atoms with Gasteiger partial charge in [0.25, 0.3) is 5.91 Å². The van der Waals surface area contributed by atoms with E-state index in [1.165, 1.54) is 23.1 Å². The molecule has 0 aromatic heterocycles. The minimum atomic E-state index is -4.27. The molecule has 1 atom stereocenters. The first-order valence-electron chi connectivity index (χ1n) is 13.6. The number of nitrogens with zero attached hydrogens (tertiary/aromatic N) is 2. The maximum absolute atomic E-state index is 13.9. The number of ether oxygens (including phenoxy) is 1. The first-order chi connectivity index (χ1) is 20.7. The van der Waals surface area contributed by atoms with Crippen LogP contribution in [0.2, 0.25) is 10.0 Å². The van der Waals surface area contributed by atoms with Gasteiger partial charge in [-0.25, -0.2) is 8.42 Å². The number of anilines is 1. The van der Waals surface area contributed by atoms with E-state index in [-0.39, 0.29) is 33.9 Å². The number of fused-ring (bicyclic) bond motifs is 1. The second kappa shape index (κ2) is 13.6. The van der Waals surface area contributed by atoms with Crippen LogP contribution in [0.5, 0.6) is 5.75 Å². The van der Waals surface area contributed by atoms with E-state index in [4.69, 9.17) is 27.9 Å². The lowest BCUT2D eigenvalue weighted by atomic mass is 10.1. The van der Waals surface area contributed by atoms with E-state index in [1.54, 1.807) is 48.5 Å². The van der Waals surface area contributed by atoms with Gasteiger partial charge in [-0.3, -0.25) is 9.59 Å². The lowest BCUT2D eigenvalue weighted by Crippen LogP contribution is -2.53. The van der Waals surface area contributed by atoms with Gasteiger partial charge in [0.05, 0.1) is 23.8 Å². The van der Waals surface area contributed by atoms with Crippen molar-refractivity contribution in [3.63, 3.8) is 0 Å². The summed E-state index contributed by atoms with van der Waals surface area (Å²) in [6.45, 7) is -0.310. The number of rotatable bonds is 10.